The van der Waals surface area contributed by atoms with Gasteiger partial charge in [0.1, 0.15) is 23.3 Å². The van der Waals surface area contributed by atoms with E-state index in [4.69, 9.17) is 4.42 Å². The van der Waals surface area contributed by atoms with Crippen molar-refractivity contribution < 1.29 is 4.42 Å². The zero-order valence-corrected chi connectivity index (χ0v) is 24.9. The molecular weight excluding hydrogens is 576 g/mol. The van der Waals surface area contributed by atoms with Crippen LogP contribution in [0.3, 0.4) is 0 Å². The van der Waals surface area contributed by atoms with Crippen LogP contribution in [0.2, 0.25) is 0 Å². The van der Waals surface area contributed by atoms with Gasteiger partial charge in [0, 0.05) is 32.3 Å². The quantitative estimate of drug-likeness (QED) is 0.199. The molecule has 47 heavy (non-hydrogen) atoms. The highest BCUT2D eigenvalue weighted by atomic mass is 16.3. The third kappa shape index (κ3) is 3.40. The van der Waals surface area contributed by atoms with Crippen molar-refractivity contribution >= 4 is 76.3 Å². The standard InChI is InChI=1S/C42H22N4O/c43-23-26-20-38(46-34-14-6-3-11-29(34)32-22-41-33(21-39(32)46)30-12-5-8-16-40(30)47-41)27(24-44)19-37(26)45-35-15-7-4-13-31(35)42-28-10-2-1-9-25(28)17-18-36(42)45/h1-22H. The van der Waals surface area contributed by atoms with Crippen LogP contribution in [-0.2, 0) is 0 Å². The molecule has 0 aliphatic heterocycles. The summed E-state index contributed by atoms with van der Waals surface area (Å²) in [4.78, 5) is 0. The number of nitrogens with zero attached hydrogens (tertiary/aromatic N) is 4. The Morgan fingerprint density at radius 1 is 0.426 bits per heavy atom. The van der Waals surface area contributed by atoms with E-state index in [0.717, 1.165) is 76.3 Å². The summed E-state index contributed by atoms with van der Waals surface area (Å²) in [6.45, 7) is 0. The molecule has 7 aromatic carbocycles. The van der Waals surface area contributed by atoms with Crippen molar-refractivity contribution in [1.82, 2.24) is 9.13 Å². The Kier molecular flexibility index (Phi) is 5.07. The second kappa shape index (κ2) is 9.34. The Hall–Kier alpha value is -6.82. The summed E-state index contributed by atoms with van der Waals surface area (Å²) in [5.74, 6) is 0. The fourth-order valence-electron chi connectivity index (χ4n) is 7.57. The van der Waals surface area contributed by atoms with Gasteiger partial charge in [-0.2, -0.15) is 10.5 Å². The normalized spacial score (nSPS) is 11.8. The molecule has 0 fully saturated rings. The summed E-state index contributed by atoms with van der Waals surface area (Å²) in [7, 11) is 0. The molecule has 0 atom stereocenters. The fraction of sp³-hybridized carbons (Fsp3) is 0. The number of furan rings is 1. The van der Waals surface area contributed by atoms with Gasteiger partial charge in [0.05, 0.1) is 44.6 Å². The Labute approximate surface area is 267 Å². The van der Waals surface area contributed by atoms with Crippen LogP contribution in [0.15, 0.2) is 138 Å². The monoisotopic (exact) mass is 598 g/mol. The van der Waals surface area contributed by atoms with Gasteiger partial charge < -0.3 is 13.6 Å². The van der Waals surface area contributed by atoms with Crippen molar-refractivity contribution in [2.75, 3.05) is 0 Å². The molecule has 0 saturated carbocycles. The minimum absolute atomic E-state index is 0.477. The Morgan fingerprint density at radius 3 is 1.77 bits per heavy atom. The van der Waals surface area contributed by atoms with E-state index in [2.05, 4.69) is 94.1 Å². The van der Waals surface area contributed by atoms with Crippen molar-refractivity contribution in [3.8, 4) is 23.5 Å². The summed E-state index contributed by atoms with van der Waals surface area (Å²) in [5.41, 5.74) is 7.82. The maximum Gasteiger partial charge on any atom is 0.136 e. The number of fused-ring (bicyclic) bond motifs is 11. The Bertz CT molecular complexity index is 3050. The summed E-state index contributed by atoms with van der Waals surface area (Å²) < 4.78 is 10.5. The smallest absolute Gasteiger partial charge is 0.136 e. The van der Waals surface area contributed by atoms with Crippen molar-refractivity contribution in [2.24, 2.45) is 0 Å². The first kappa shape index (κ1) is 25.5. The van der Waals surface area contributed by atoms with Crippen molar-refractivity contribution in [2.45, 2.75) is 0 Å². The van der Waals surface area contributed by atoms with Gasteiger partial charge in [-0.15, -0.1) is 0 Å². The van der Waals surface area contributed by atoms with Gasteiger partial charge in [0.2, 0.25) is 0 Å². The van der Waals surface area contributed by atoms with E-state index in [9.17, 15) is 10.5 Å². The topological polar surface area (TPSA) is 70.6 Å². The lowest BCUT2D eigenvalue weighted by atomic mass is 10.0. The van der Waals surface area contributed by atoms with Crippen LogP contribution in [0.25, 0.3) is 87.7 Å². The van der Waals surface area contributed by atoms with E-state index in [0.29, 0.717) is 22.5 Å². The van der Waals surface area contributed by atoms with E-state index in [1.807, 2.05) is 60.7 Å². The molecule has 0 N–H and O–H groups in total. The molecule has 10 rings (SSSR count). The maximum absolute atomic E-state index is 10.7. The van der Waals surface area contributed by atoms with Crippen LogP contribution in [-0.4, -0.2) is 9.13 Å². The van der Waals surface area contributed by atoms with Gasteiger partial charge in [-0.05, 0) is 59.3 Å². The zero-order chi connectivity index (χ0) is 31.2. The highest BCUT2D eigenvalue weighted by Crippen LogP contribution is 2.41. The molecule has 0 aliphatic carbocycles. The lowest BCUT2D eigenvalue weighted by Gasteiger charge is -2.15. The molecule has 3 heterocycles. The average molecular weight is 599 g/mol. The van der Waals surface area contributed by atoms with E-state index in [1.165, 1.54) is 0 Å². The van der Waals surface area contributed by atoms with Crippen molar-refractivity contribution in [3.63, 3.8) is 0 Å². The van der Waals surface area contributed by atoms with Gasteiger partial charge >= 0.3 is 0 Å². The zero-order valence-electron chi connectivity index (χ0n) is 24.9. The molecule has 216 valence electrons. The first-order valence-electron chi connectivity index (χ1n) is 15.5. The number of hydrogen-bond donors (Lipinski definition) is 0. The molecule has 0 saturated heterocycles. The molecule has 3 aromatic heterocycles. The highest BCUT2D eigenvalue weighted by Gasteiger charge is 2.22. The summed E-state index contributed by atoms with van der Waals surface area (Å²) in [6.07, 6.45) is 0. The SMILES string of the molecule is N#Cc1cc(-n2c3ccccc3c3c4ccccc4ccc32)c(C#N)cc1-n1c2ccccc2c2cc3oc4ccccc4c3cc21. The first-order valence-corrected chi connectivity index (χ1v) is 15.5. The predicted molar refractivity (Wildman–Crippen MR) is 189 cm³/mol. The summed E-state index contributed by atoms with van der Waals surface area (Å²) in [5, 5.41) is 30.1. The van der Waals surface area contributed by atoms with E-state index in [-0.39, 0.29) is 0 Å². The maximum atomic E-state index is 10.7. The number of rotatable bonds is 2. The second-order valence-corrected chi connectivity index (χ2v) is 12.0. The van der Waals surface area contributed by atoms with Crippen molar-refractivity contribution in [1.29, 1.82) is 10.5 Å². The molecule has 0 unspecified atom stereocenters. The Morgan fingerprint density at radius 2 is 1.02 bits per heavy atom. The van der Waals surface area contributed by atoms with Crippen LogP contribution in [0, 0.1) is 22.7 Å². The third-order valence-electron chi connectivity index (χ3n) is 9.57. The van der Waals surface area contributed by atoms with Crippen LogP contribution < -0.4 is 0 Å². The molecule has 0 bridgehead atoms. The van der Waals surface area contributed by atoms with Gasteiger partial charge in [-0.3, -0.25) is 0 Å². The third-order valence-corrected chi connectivity index (χ3v) is 9.57. The second-order valence-electron chi connectivity index (χ2n) is 12.0. The number of hydrogen-bond acceptors (Lipinski definition) is 3. The molecule has 0 radical (unpaired) electrons. The van der Waals surface area contributed by atoms with Gasteiger partial charge in [-0.25, -0.2) is 0 Å². The Balaban J connectivity index is 1.31. The van der Waals surface area contributed by atoms with Crippen molar-refractivity contribution in [3.05, 3.63) is 145 Å². The van der Waals surface area contributed by atoms with Crippen LogP contribution in [0.5, 0.6) is 0 Å². The lowest BCUT2D eigenvalue weighted by molar-refractivity contribution is 0.669. The van der Waals surface area contributed by atoms with E-state index < -0.39 is 0 Å². The molecule has 0 spiro atoms. The molecule has 5 heteroatoms. The summed E-state index contributed by atoms with van der Waals surface area (Å²) in [6, 6.07) is 50.1. The number of aromatic nitrogens is 2. The van der Waals surface area contributed by atoms with Gasteiger partial charge in [0.25, 0.3) is 0 Å². The molecule has 0 amide bonds. The largest absolute Gasteiger partial charge is 0.456 e. The molecule has 5 nitrogen and oxygen atoms in total. The minimum atomic E-state index is 0.477. The van der Waals surface area contributed by atoms with Gasteiger partial charge in [0.15, 0.2) is 0 Å². The van der Waals surface area contributed by atoms with Crippen LogP contribution in [0.1, 0.15) is 11.1 Å². The minimum Gasteiger partial charge on any atom is -0.456 e. The molecule has 0 aliphatic rings. The molecular formula is C42H22N4O. The molecule has 10 aromatic rings. The van der Waals surface area contributed by atoms with E-state index in [1.54, 1.807) is 0 Å². The average Bonchev–Trinajstić information content (AvgIpc) is 3.77. The highest BCUT2D eigenvalue weighted by molar-refractivity contribution is 6.21. The van der Waals surface area contributed by atoms with Gasteiger partial charge in [-0.1, -0.05) is 84.9 Å². The number of benzene rings is 7. The number of para-hydroxylation sites is 3. The summed E-state index contributed by atoms with van der Waals surface area (Å²) >= 11 is 0. The number of nitriles is 2. The van der Waals surface area contributed by atoms with Crippen LogP contribution >= 0.6 is 0 Å². The lowest BCUT2D eigenvalue weighted by Crippen LogP contribution is -2.04. The van der Waals surface area contributed by atoms with Crippen LogP contribution in [0.4, 0.5) is 0 Å². The predicted octanol–water partition coefficient (Wildman–Crippen LogP) is 10.7. The van der Waals surface area contributed by atoms with E-state index >= 15 is 0 Å². The fourth-order valence-corrected chi connectivity index (χ4v) is 7.57. The first-order chi connectivity index (χ1) is 23.2.